The summed E-state index contributed by atoms with van der Waals surface area (Å²) in [6, 6.07) is 17.4. The van der Waals surface area contributed by atoms with E-state index >= 15 is 0 Å². The average molecular weight is 375 g/mol. The second-order valence-corrected chi connectivity index (χ2v) is 7.46. The van der Waals surface area contributed by atoms with E-state index in [-0.39, 0.29) is 10.5 Å². The van der Waals surface area contributed by atoms with Crippen molar-refractivity contribution in [1.82, 2.24) is 9.97 Å². The Morgan fingerprint density at radius 2 is 1.59 bits per heavy atom. The molecule has 0 amide bonds. The summed E-state index contributed by atoms with van der Waals surface area (Å²) in [5.41, 5.74) is 2.30. The van der Waals surface area contributed by atoms with Crippen LogP contribution >= 0.6 is 0 Å². The van der Waals surface area contributed by atoms with Crippen molar-refractivity contribution in [3.63, 3.8) is 0 Å². The predicted molar refractivity (Wildman–Crippen MR) is 100 cm³/mol. The van der Waals surface area contributed by atoms with Crippen LogP contribution in [-0.4, -0.2) is 22.9 Å². The molecular formula is C20H11N2O4S-. The molecule has 3 aromatic carbocycles. The number of aromatic nitrogens is 2. The maximum absolute atomic E-state index is 11.7. The van der Waals surface area contributed by atoms with Crippen molar-refractivity contribution in [2.24, 2.45) is 0 Å². The van der Waals surface area contributed by atoms with Gasteiger partial charge in [0.05, 0.1) is 10.4 Å². The zero-order valence-corrected chi connectivity index (χ0v) is 14.6. The SMILES string of the molecule is O=S(=O)([O-])c1cc2oc(-c3ccnc4ccccc34)nc2c2ccccc12. The van der Waals surface area contributed by atoms with Gasteiger partial charge in [-0.05, 0) is 12.1 Å². The van der Waals surface area contributed by atoms with E-state index in [0.29, 0.717) is 22.2 Å². The first-order chi connectivity index (χ1) is 13.0. The molecule has 0 radical (unpaired) electrons. The maximum Gasteiger partial charge on any atom is 0.228 e. The Balaban J connectivity index is 1.88. The van der Waals surface area contributed by atoms with E-state index in [1.165, 1.54) is 6.07 Å². The van der Waals surface area contributed by atoms with E-state index in [9.17, 15) is 13.0 Å². The molecule has 0 saturated carbocycles. The lowest BCUT2D eigenvalue weighted by atomic mass is 10.1. The van der Waals surface area contributed by atoms with Gasteiger partial charge in [0.2, 0.25) is 5.89 Å². The third-order valence-electron chi connectivity index (χ3n) is 4.51. The zero-order chi connectivity index (χ0) is 18.6. The molecule has 0 aliphatic carbocycles. The minimum atomic E-state index is -4.66. The molecule has 0 spiro atoms. The quantitative estimate of drug-likeness (QED) is 0.431. The molecule has 5 rings (SSSR count). The van der Waals surface area contributed by atoms with Gasteiger partial charge in [-0.1, -0.05) is 42.5 Å². The minimum absolute atomic E-state index is 0.249. The van der Waals surface area contributed by atoms with Crippen LogP contribution in [0.15, 0.2) is 76.2 Å². The minimum Gasteiger partial charge on any atom is -0.744 e. The number of hydrogen-bond donors (Lipinski definition) is 0. The Hall–Kier alpha value is -3.29. The molecule has 0 fully saturated rings. The molecule has 27 heavy (non-hydrogen) atoms. The number of fused-ring (bicyclic) bond motifs is 4. The summed E-state index contributed by atoms with van der Waals surface area (Å²) in [4.78, 5) is 8.61. The maximum atomic E-state index is 11.7. The van der Waals surface area contributed by atoms with Gasteiger partial charge in [0.25, 0.3) is 0 Å². The molecule has 2 aromatic heterocycles. The normalized spacial score (nSPS) is 12.2. The Labute approximate surface area is 153 Å². The Morgan fingerprint density at radius 3 is 2.37 bits per heavy atom. The number of oxazole rings is 1. The summed E-state index contributed by atoms with van der Waals surface area (Å²) >= 11 is 0. The molecule has 5 aromatic rings. The molecule has 0 saturated heterocycles. The van der Waals surface area contributed by atoms with E-state index in [0.717, 1.165) is 16.5 Å². The number of hydrogen-bond acceptors (Lipinski definition) is 6. The lowest BCUT2D eigenvalue weighted by Gasteiger charge is -2.10. The Morgan fingerprint density at radius 1 is 0.889 bits per heavy atom. The number of nitrogens with zero attached hydrogens (tertiary/aromatic N) is 2. The van der Waals surface area contributed by atoms with Gasteiger partial charge in [0.1, 0.15) is 15.6 Å². The topological polar surface area (TPSA) is 96.1 Å². The van der Waals surface area contributed by atoms with Gasteiger partial charge in [-0.25, -0.2) is 13.4 Å². The molecule has 0 bridgehead atoms. The summed E-state index contributed by atoms with van der Waals surface area (Å²) in [5, 5.41) is 1.75. The smallest absolute Gasteiger partial charge is 0.228 e. The van der Waals surface area contributed by atoms with Crippen LogP contribution in [-0.2, 0) is 10.1 Å². The van der Waals surface area contributed by atoms with Crippen molar-refractivity contribution in [2.75, 3.05) is 0 Å². The molecule has 0 unspecified atom stereocenters. The highest BCUT2D eigenvalue weighted by Crippen LogP contribution is 2.35. The van der Waals surface area contributed by atoms with Crippen molar-refractivity contribution in [1.29, 1.82) is 0 Å². The molecule has 0 aliphatic heterocycles. The highest BCUT2D eigenvalue weighted by atomic mass is 32.2. The van der Waals surface area contributed by atoms with Crippen LogP contribution in [0.1, 0.15) is 0 Å². The van der Waals surface area contributed by atoms with Crippen LogP contribution in [0.4, 0.5) is 0 Å². The summed E-state index contributed by atoms with van der Waals surface area (Å²) in [7, 11) is -4.66. The van der Waals surface area contributed by atoms with Crippen LogP contribution in [0.2, 0.25) is 0 Å². The summed E-state index contributed by atoms with van der Waals surface area (Å²) in [6.45, 7) is 0. The second-order valence-electron chi connectivity index (χ2n) is 6.12. The lowest BCUT2D eigenvalue weighted by Crippen LogP contribution is -1.99. The summed E-state index contributed by atoms with van der Waals surface area (Å²) < 4.78 is 41.0. The fraction of sp³-hybridized carbons (Fsp3) is 0. The number of para-hydroxylation sites is 1. The van der Waals surface area contributed by atoms with Gasteiger partial charge in [-0.3, -0.25) is 4.98 Å². The Bertz CT molecular complexity index is 1450. The van der Waals surface area contributed by atoms with Crippen molar-refractivity contribution in [3.8, 4) is 11.5 Å². The largest absolute Gasteiger partial charge is 0.744 e. The first-order valence-corrected chi connectivity index (χ1v) is 9.55. The van der Waals surface area contributed by atoms with Crippen molar-refractivity contribution in [3.05, 3.63) is 66.9 Å². The standard InChI is InChI=1S/C20H12N2O4S/c23-27(24,25)18-11-17-19(14-7-2-1-6-13(14)18)22-20(26-17)15-9-10-21-16-8-4-3-5-12(15)16/h1-11H,(H,23,24,25)/p-1. The molecule has 0 atom stereocenters. The van der Waals surface area contributed by atoms with E-state index in [4.69, 9.17) is 4.42 Å². The predicted octanol–water partition coefficient (Wildman–Crippen LogP) is 4.10. The molecule has 0 aliphatic rings. The van der Waals surface area contributed by atoms with Crippen LogP contribution in [0.3, 0.4) is 0 Å². The van der Waals surface area contributed by atoms with E-state index in [1.54, 1.807) is 36.5 Å². The highest BCUT2D eigenvalue weighted by Gasteiger charge is 2.17. The monoisotopic (exact) mass is 375 g/mol. The van der Waals surface area contributed by atoms with Gasteiger partial charge < -0.3 is 8.97 Å². The first-order valence-electron chi connectivity index (χ1n) is 8.15. The van der Waals surface area contributed by atoms with Crippen LogP contribution < -0.4 is 0 Å². The summed E-state index contributed by atoms with van der Waals surface area (Å²) in [6.07, 6.45) is 1.66. The Kier molecular flexibility index (Phi) is 3.30. The van der Waals surface area contributed by atoms with Gasteiger partial charge in [-0.2, -0.15) is 0 Å². The van der Waals surface area contributed by atoms with Crippen LogP contribution in [0.25, 0.3) is 44.2 Å². The molecular weight excluding hydrogens is 364 g/mol. The number of pyridine rings is 1. The fourth-order valence-electron chi connectivity index (χ4n) is 3.33. The van der Waals surface area contributed by atoms with Gasteiger partial charge in [-0.15, -0.1) is 0 Å². The van der Waals surface area contributed by atoms with Crippen molar-refractivity contribution in [2.45, 2.75) is 4.90 Å². The zero-order valence-electron chi connectivity index (χ0n) is 13.8. The third-order valence-corrected chi connectivity index (χ3v) is 5.39. The second kappa shape index (κ2) is 5.60. The van der Waals surface area contributed by atoms with E-state index in [2.05, 4.69) is 9.97 Å². The van der Waals surface area contributed by atoms with Gasteiger partial charge in [0, 0.05) is 34.0 Å². The highest BCUT2D eigenvalue weighted by molar-refractivity contribution is 7.86. The molecule has 0 N–H and O–H groups in total. The van der Waals surface area contributed by atoms with Crippen LogP contribution in [0, 0.1) is 0 Å². The molecule has 7 heteroatoms. The van der Waals surface area contributed by atoms with Crippen molar-refractivity contribution >= 4 is 42.9 Å². The van der Waals surface area contributed by atoms with Crippen LogP contribution in [0.5, 0.6) is 0 Å². The summed E-state index contributed by atoms with van der Waals surface area (Å²) in [5.74, 6) is 0.342. The number of rotatable bonds is 2. The first kappa shape index (κ1) is 15.9. The van der Waals surface area contributed by atoms with Crippen molar-refractivity contribution < 1.29 is 17.4 Å². The molecule has 6 nitrogen and oxygen atoms in total. The van der Waals surface area contributed by atoms with E-state index < -0.39 is 10.1 Å². The fourth-order valence-corrected chi connectivity index (χ4v) is 4.03. The average Bonchev–Trinajstić information content (AvgIpc) is 3.10. The van der Waals surface area contributed by atoms with Gasteiger partial charge >= 0.3 is 0 Å². The molecule has 132 valence electrons. The third kappa shape index (κ3) is 2.48. The number of benzene rings is 3. The van der Waals surface area contributed by atoms with E-state index in [1.807, 2.05) is 24.3 Å². The lowest BCUT2D eigenvalue weighted by molar-refractivity contribution is 0.464. The molecule has 2 heterocycles. The van der Waals surface area contributed by atoms with Gasteiger partial charge in [0.15, 0.2) is 5.58 Å².